The predicted molar refractivity (Wildman–Crippen MR) is 69.3 cm³/mol. The largest absolute Gasteiger partial charge is 0.490 e. The van der Waals surface area contributed by atoms with Crippen molar-refractivity contribution in [1.29, 1.82) is 5.26 Å². The van der Waals surface area contributed by atoms with E-state index < -0.39 is 0 Å². The van der Waals surface area contributed by atoms with Gasteiger partial charge in [-0.05, 0) is 30.7 Å². The Morgan fingerprint density at radius 1 is 1.27 bits per heavy atom. The molecule has 78 valence electrons. The molecular formula is C12H12INO. The van der Waals surface area contributed by atoms with Crippen LogP contribution in [0.5, 0.6) is 5.75 Å². The number of halogens is 1. The van der Waals surface area contributed by atoms with E-state index in [-0.39, 0.29) is 0 Å². The van der Waals surface area contributed by atoms with Crippen molar-refractivity contribution in [3.05, 3.63) is 42.0 Å². The smallest absolute Gasteiger partial charge is 0.119 e. The molecule has 15 heavy (non-hydrogen) atoms. The number of nitrogens with zero attached hydrogens (tertiary/aromatic N) is 1. The summed E-state index contributed by atoms with van der Waals surface area (Å²) in [4.78, 5) is 0. The van der Waals surface area contributed by atoms with Gasteiger partial charge in [-0.1, -0.05) is 34.7 Å². The normalized spacial score (nSPS) is 10.1. The topological polar surface area (TPSA) is 33.0 Å². The van der Waals surface area contributed by atoms with E-state index in [2.05, 4.69) is 34.7 Å². The highest BCUT2D eigenvalue weighted by molar-refractivity contribution is 14.1. The number of hydrogen-bond acceptors (Lipinski definition) is 2. The van der Waals surface area contributed by atoms with Gasteiger partial charge in [0.2, 0.25) is 0 Å². The first-order valence-electron chi connectivity index (χ1n) is 4.70. The monoisotopic (exact) mass is 313 g/mol. The lowest BCUT2D eigenvalue weighted by molar-refractivity contribution is 0.362. The summed E-state index contributed by atoms with van der Waals surface area (Å²) in [5.74, 6) is 0.799. The van der Waals surface area contributed by atoms with Gasteiger partial charge in [0.15, 0.2) is 0 Å². The van der Waals surface area contributed by atoms with E-state index in [0.29, 0.717) is 12.2 Å². The zero-order valence-electron chi connectivity index (χ0n) is 8.32. The maximum Gasteiger partial charge on any atom is 0.119 e. The molecule has 0 aliphatic heterocycles. The molecule has 0 spiro atoms. The van der Waals surface area contributed by atoms with Gasteiger partial charge in [-0.25, -0.2) is 0 Å². The molecule has 0 heterocycles. The zero-order valence-corrected chi connectivity index (χ0v) is 10.5. The Kier molecular flexibility index (Phi) is 5.86. The lowest BCUT2D eigenvalue weighted by Gasteiger charge is -2.01. The lowest BCUT2D eigenvalue weighted by atomic mass is 10.2. The van der Waals surface area contributed by atoms with Gasteiger partial charge in [0.1, 0.15) is 12.4 Å². The molecule has 2 nitrogen and oxygen atoms in total. The minimum Gasteiger partial charge on any atom is -0.490 e. The van der Waals surface area contributed by atoms with Crippen molar-refractivity contribution in [1.82, 2.24) is 0 Å². The first-order chi connectivity index (χ1) is 7.36. The summed E-state index contributed by atoms with van der Waals surface area (Å²) in [6.07, 6.45) is 5.20. The number of nitriles is 1. The van der Waals surface area contributed by atoms with Crippen LogP contribution in [0.15, 0.2) is 36.4 Å². The van der Waals surface area contributed by atoms with Crippen molar-refractivity contribution in [2.75, 3.05) is 11.0 Å². The molecule has 0 bridgehead atoms. The molecule has 0 N–H and O–H groups in total. The molecule has 1 rings (SSSR count). The first kappa shape index (κ1) is 12.1. The Morgan fingerprint density at radius 3 is 2.60 bits per heavy atom. The molecule has 1 aromatic carbocycles. The molecule has 1 aromatic rings. The maximum absolute atomic E-state index is 8.60. The van der Waals surface area contributed by atoms with Crippen molar-refractivity contribution in [3.8, 4) is 11.8 Å². The Morgan fingerprint density at radius 2 is 2.00 bits per heavy atom. The average Bonchev–Trinajstić information content (AvgIpc) is 2.30. The highest BCUT2D eigenvalue weighted by Gasteiger charge is 1.92. The lowest BCUT2D eigenvalue weighted by Crippen LogP contribution is -1.93. The standard InChI is InChI=1S/C12H12INO/c13-8-2-1-3-9-15-12-6-4-11(10-14)5-7-12/h1,3-7H,2,8-9H2/b3-1+. The molecule has 0 atom stereocenters. The van der Waals surface area contributed by atoms with Crippen molar-refractivity contribution in [2.45, 2.75) is 6.42 Å². The van der Waals surface area contributed by atoms with Gasteiger partial charge in [0.05, 0.1) is 11.6 Å². The number of hydrogen-bond donors (Lipinski definition) is 0. The molecule has 0 fully saturated rings. The first-order valence-corrected chi connectivity index (χ1v) is 6.23. The highest BCUT2D eigenvalue weighted by atomic mass is 127. The third-order valence-electron chi connectivity index (χ3n) is 1.77. The molecule has 0 aromatic heterocycles. The molecular weight excluding hydrogens is 301 g/mol. The van der Waals surface area contributed by atoms with E-state index in [4.69, 9.17) is 10.00 Å². The molecule has 0 aliphatic rings. The zero-order chi connectivity index (χ0) is 10.9. The molecule has 0 unspecified atom stereocenters. The second-order valence-electron chi connectivity index (χ2n) is 2.90. The molecule has 0 saturated carbocycles. The van der Waals surface area contributed by atoms with Gasteiger partial charge in [-0.2, -0.15) is 5.26 Å². The number of ether oxygens (including phenoxy) is 1. The molecule has 0 aliphatic carbocycles. The van der Waals surface area contributed by atoms with E-state index in [1.54, 1.807) is 12.1 Å². The van der Waals surface area contributed by atoms with Crippen LogP contribution in [0, 0.1) is 11.3 Å². The van der Waals surface area contributed by atoms with Crippen molar-refractivity contribution in [2.24, 2.45) is 0 Å². The summed E-state index contributed by atoms with van der Waals surface area (Å²) < 4.78 is 6.58. The SMILES string of the molecule is N#Cc1ccc(OC/C=C/CCI)cc1. The minimum absolute atomic E-state index is 0.586. The summed E-state index contributed by atoms with van der Waals surface area (Å²) in [6, 6.07) is 9.20. The van der Waals surface area contributed by atoms with Crippen LogP contribution in [-0.2, 0) is 0 Å². The maximum atomic E-state index is 8.60. The average molecular weight is 313 g/mol. The third-order valence-corrected chi connectivity index (χ3v) is 2.39. The summed E-state index contributed by atoms with van der Waals surface area (Å²) in [5, 5.41) is 8.60. The number of alkyl halides is 1. The Hall–Kier alpha value is -1.02. The van der Waals surface area contributed by atoms with Crippen LogP contribution in [0.4, 0.5) is 0 Å². The van der Waals surface area contributed by atoms with E-state index >= 15 is 0 Å². The fourth-order valence-electron chi connectivity index (χ4n) is 1.02. The van der Waals surface area contributed by atoms with Crippen LogP contribution in [0.3, 0.4) is 0 Å². The van der Waals surface area contributed by atoms with E-state index in [1.165, 1.54) is 0 Å². The summed E-state index contributed by atoms with van der Waals surface area (Å²) in [5.41, 5.74) is 0.655. The Balaban J connectivity index is 2.35. The fourth-order valence-corrected chi connectivity index (χ4v) is 1.38. The van der Waals surface area contributed by atoms with Crippen LogP contribution in [0.1, 0.15) is 12.0 Å². The number of rotatable bonds is 5. The fraction of sp³-hybridized carbons (Fsp3) is 0.250. The second-order valence-corrected chi connectivity index (χ2v) is 3.97. The highest BCUT2D eigenvalue weighted by Crippen LogP contribution is 2.11. The van der Waals surface area contributed by atoms with Gasteiger partial charge in [-0.15, -0.1) is 0 Å². The van der Waals surface area contributed by atoms with E-state index in [0.717, 1.165) is 16.6 Å². The van der Waals surface area contributed by atoms with Crippen LogP contribution in [0.2, 0.25) is 0 Å². The minimum atomic E-state index is 0.586. The summed E-state index contributed by atoms with van der Waals surface area (Å²) in [6.45, 7) is 0.586. The van der Waals surface area contributed by atoms with Crippen LogP contribution in [-0.4, -0.2) is 11.0 Å². The number of allylic oxidation sites excluding steroid dienone is 1. The second kappa shape index (κ2) is 7.30. The van der Waals surface area contributed by atoms with Crippen molar-refractivity contribution >= 4 is 22.6 Å². The Labute approximate surface area is 104 Å². The van der Waals surface area contributed by atoms with Crippen molar-refractivity contribution in [3.63, 3.8) is 0 Å². The quantitative estimate of drug-likeness (QED) is 0.475. The van der Waals surface area contributed by atoms with Gasteiger partial charge in [0, 0.05) is 4.43 Å². The van der Waals surface area contributed by atoms with Crippen LogP contribution in [0.25, 0.3) is 0 Å². The van der Waals surface area contributed by atoms with Crippen molar-refractivity contribution < 1.29 is 4.74 Å². The molecule has 0 amide bonds. The molecule has 3 heteroatoms. The number of benzene rings is 1. The summed E-state index contributed by atoms with van der Waals surface area (Å²) in [7, 11) is 0. The summed E-state index contributed by atoms with van der Waals surface area (Å²) >= 11 is 2.34. The van der Waals surface area contributed by atoms with Crippen LogP contribution < -0.4 is 4.74 Å². The molecule has 0 radical (unpaired) electrons. The van der Waals surface area contributed by atoms with Crippen LogP contribution >= 0.6 is 22.6 Å². The van der Waals surface area contributed by atoms with Gasteiger partial charge < -0.3 is 4.74 Å². The third kappa shape index (κ3) is 4.84. The van der Waals surface area contributed by atoms with Gasteiger partial charge in [-0.3, -0.25) is 0 Å². The molecule has 0 saturated heterocycles. The van der Waals surface area contributed by atoms with E-state index in [9.17, 15) is 0 Å². The van der Waals surface area contributed by atoms with E-state index in [1.807, 2.05) is 18.2 Å². The van der Waals surface area contributed by atoms with Gasteiger partial charge in [0.25, 0.3) is 0 Å². The van der Waals surface area contributed by atoms with Gasteiger partial charge >= 0.3 is 0 Å². The Bertz CT molecular complexity index is 351. The predicted octanol–water partition coefficient (Wildman–Crippen LogP) is 3.32.